The summed E-state index contributed by atoms with van der Waals surface area (Å²) in [5.74, 6) is -0.457. The number of ether oxygens (including phenoxy) is 1. The second-order valence-corrected chi connectivity index (χ2v) is 5.28. The summed E-state index contributed by atoms with van der Waals surface area (Å²) in [7, 11) is 1.35. The van der Waals surface area contributed by atoms with E-state index in [1.807, 2.05) is 33.8 Å². The lowest BCUT2D eigenvalue weighted by Gasteiger charge is -2.10. The summed E-state index contributed by atoms with van der Waals surface area (Å²) in [5, 5.41) is 0.445. The number of benzene rings is 1. The van der Waals surface area contributed by atoms with Gasteiger partial charge in [-0.05, 0) is 60.4 Å². The van der Waals surface area contributed by atoms with Crippen LogP contribution >= 0.6 is 11.6 Å². The zero-order valence-electron chi connectivity index (χ0n) is 15.4. The molecular formula is C19H26ClFN2O2. The molecular weight excluding hydrogens is 343 g/mol. The van der Waals surface area contributed by atoms with Gasteiger partial charge in [-0.2, -0.15) is 0 Å². The molecule has 0 atom stereocenters. The highest BCUT2D eigenvalue weighted by atomic mass is 35.5. The zero-order chi connectivity index (χ0) is 19.4. The molecule has 1 heterocycles. The summed E-state index contributed by atoms with van der Waals surface area (Å²) in [6.07, 6.45) is 1.97. The van der Waals surface area contributed by atoms with Crippen molar-refractivity contribution in [2.24, 2.45) is 5.73 Å². The first-order chi connectivity index (χ1) is 11.9. The molecule has 0 fully saturated rings. The molecule has 0 unspecified atom stereocenters. The van der Waals surface area contributed by atoms with Crippen LogP contribution in [0.2, 0.25) is 5.15 Å². The fourth-order valence-electron chi connectivity index (χ4n) is 2.14. The molecule has 0 amide bonds. The van der Waals surface area contributed by atoms with Gasteiger partial charge < -0.3 is 10.5 Å². The lowest BCUT2D eigenvalue weighted by Crippen LogP contribution is -2.08. The number of carbonyl (C=O) groups is 1. The van der Waals surface area contributed by atoms with Crippen LogP contribution in [0.4, 0.5) is 4.39 Å². The van der Waals surface area contributed by atoms with Crippen molar-refractivity contribution in [3.05, 3.63) is 52.6 Å². The van der Waals surface area contributed by atoms with Crippen LogP contribution in [0.5, 0.6) is 0 Å². The second kappa shape index (κ2) is 12.4. The van der Waals surface area contributed by atoms with Gasteiger partial charge in [-0.15, -0.1) is 0 Å². The van der Waals surface area contributed by atoms with Crippen LogP contribution in [0.3, 0.4) is 0 Å². The number of hydrogen-bond acceptors (Lipinski definition) is 4. The van der Waals surface area contributed by atoms with Crippen LogP contribution in [0.1, 0.15) is 31.4 Å². The smallest absolute Gasteiger partial charge is 0.306 e. The van der Waals surface area contributed by atoms with Gasteiger partial charge in [0, 0.05) is 12.7 Å². The second-order valence-electron chi connectivity index (χ2n) is 4.90. The van der Waals surface area contributed by atoms with Crippen molar-refractivity contribution in [3.8, 4) is 11.1 Å². The van der Waals surface area contributed by atoms with E-state index in [2.05, 4.69) is 9.72 Å². The van der Waals surface area contributed by atoms with Crippen LogP contribution in [0.25, 0.3) is 11.1 Å². The Hall–Kier alpha value is -1.98. The number of pyridine rings is 1. The first-order valence-corrected chi connectivity index (χ1v) is 8.42. The average Bonchev–Trinajstić information content (AvgIpc) is 2.56. The van der Waals surface area contributed by atoms with Gasteiger partial charge >= 0.3 is 5.97 Å². The molecule has 138 valence electrons. The van der Waals surface area contributed by atoms with Gasteiger partial charge in [-0.3, -0.25) is 4.79 Å². The van der Waals surface area contributed by atoms with Gasteiger partial charge in [-0.25, -0.2) is 9.37 Å². The number of carbonyl (C=O) groups excluding carboxylic acids is 1. The highest BCUT2D eigenvalue weighted by Gasteiger charge is 2.08. The number of halogens is 2. The third-order valence-electron chi connectivity index (χ3n) is 3.09. The van der Waals surface area contributed by atoms with E-state index in [1.165, 1.54) is 19.2 Å². The molecule has 1 aromatic carbocycles. The predicted octanol–water partition coefficient (Wildman–Crippen LogP) is 4.69. The lowest BCUT2D eigenvalue weighted by atomic mass is 9.96. The van der Waals surface area contributed by atoms with Crippen LogP contribution in [-0.4, -0.2) is 24.6 Å². The Kier molecular flexibility index (Phi) is 11.4. The molecule has 0 saturated heterocycles. The molecule has 2 rings (SSSR count). The average molecular weight is 369 g/mol. The fraction of sp³-hybridized carbons (Fsp3) is 0.368. The molecule has 1 aromatic heterocycles. The summed E-state index contributed by atoms with van der Waals surface area (Å²) >= 11 is 5.85. The van der Waals surface area contributed by atoms with E-state index in [0.717, 1.165) is 22.3 Å². The van der Waals surface area contributed by atoms with Crippen LogP contribution in [0, 0.1) is 19.7 Å². The quantitative estimate of drug-likeness (QED) is 0.630. The minimum Gasteiger partial charge on any atom is -0.469 e. The van der Waals surface area contributed by atoms with E-state index in [4.69, 9.17) is 17.3 Å². The number of esters is 1. The van der Waals surface area contributed by atoms with Gasteiger partial charge in [0.15, 0.2) is 0 Å². The molecule has 0 saturated carbocycles. The highest BCUT2D eigenvalue weighted by molar-refractivity contribution is 6.29. The Balaban J connectivity index is 0.000000544. The third kappa shape index (κ3) is 8.09. The van der Waals surface area contributed by atoms with Crippen LogP contribution < -0.4 is 5.73 Å². The molecule has 6 heteroatoms. The maximum atomic E-state index is 13.2. The van der Waals surface area contributed by atoms with E-state index < -0.39 is 0 Å². The van der Waals surface area contributed by atoms with Gasteiger partial charge in [-0.1, -0.05) is 25.4 Å². The SMILES string of the molecule is CC.COC(=O)CCN.Cc1cc(F)cc(C)c1-c1ccnc(Cl)c1. The maximum Gasteiger partial charge on any atom is 0.306 e. The van der Waals surface area contributed by atoms with E-state index in [-0.39, 0.29) is 11.8 Å². The molecule has 2 N–H and O–H groups in total. The maximum absolute atomic E-state index is 13.2. The summed E-state index contributed by atoms with van der Waals surface area (Å²) in [4.78, 5) is 14.0. The monoisotopic (exact) mass is 368 g/mol. The van der Waals surface area contributed by atoms with Gasteiger partial charge in [0.1, 0.15) is 11.0 Å². The van der Waals surface area contributed by atoms with E-state index >= 15 is 0 Å². The number of hydrogen-bond donors (Lipinski definition) is 1. The molecule has 0 spiro atoms. The number of aromatic nitrogens is 1. The summed E-state index contributed by atoms with van der Waals surface area (Å²) < 4.78 is 17.4. The standard InChI is InChI=1S/C13H11ClFN.C4H9NO2.C2H6/c1-8-5-11(15)6-9(2)13(8)10-3-4-16-12(14)7-10;1-7-4(6)2-3-5;1-2/h3-7H,1-2H3;2-3,5H2,1H3;1-2H3. The Morgan fingerprint density at radius 2 is 1.80 bits per heavy atom. The van der Waals surface area contributed by atoms with Crippen LogP contribution in [-0.2, 0) is 9.53 Å². The van der Waals surface area contributed by atoms with E-state index in [1.54, 1.807) is 12.3 Å². The Morgan fingerprint density at radius 3 is 2.20 bits per heavy atom. The molecule has 0 aliphatic rings. The Bertz CT molecular complexity index is 655. The minimum atomic E-state index is -0.248. The van der Waals surface area contributed by atoms with Crippen molar-refractivity contribution >= 4 is 17.6 Å². The topological polar surface area (TPSA) is 65.2 Å². The van der Waals surface area contributed by atoms with Gasteiger partial charge in [0.05, 0.1) is 13.5 Å². The molecule has 0 aliphatic carbocycles. The third-order valence-corrected chi connectivity index (χ3v) is 3.30. The van der Waals surface area contributed by atoms with E-state index in [0.29, 0.717) is 18.1 Å². The van der Waals surface area contributed by atoms with Crippen molar-refractivity contribution in [1.29, 1.82) is 0 Å². The van der Waals surface area contributed by atoms with Crippen molar-refractivity contribution in [1.82, 2.24) is 4.98 Å². The number of nitrogens with zero attached hydrogens (tertiary/aromatic N) is 1. The zero-order valence-corrected chi connectivity index (χ0v) is 16.2. The Labute approximate surface area is 154 Å². The van der Waals surface area contributed by atoms with Crippen molar-refractivity contribution in [2.45, 2.75) is 34.1 Å². The first kappa shape index (κ1) is 23.0. The van der Waals surface area contributed by atoms with Crippen LogP contribution in [0.15, 0.2) is 30.5 Å². The summed E-state index contributed by atoms with van der Waals surface area (Å²) in [6.45, 7) is 8.15. The molecule has 25 heavy (non-hydrogen) atoms. The summed E-state index contributed by atoms with van der Waals surface area (Å²) in [5.41, 5.74) is 8.80. The highest BCUT2D eigenvalue weighted by Crippen LogP contribution is 2.28. The molecule has 0 bridgehead atoms. The van der Waals surface area contributed by atoms with Crippen molar-refractivity contribution in [3.63, 3.8) is 0 Å². The van der Waals surface area contributed by atoms with Gasteiger partial charge in [0.2, 0.25) is 0 Å². The fourth-order valence-corrected chi connectivity index (χ4v) is 2.32. The normalized spacial score (nSPS) is 9.28. The molecule has 2 aromatic rings. The number of rotatable bonds is 3. The largest absolute Gasteiger partial charge is 0.469 e. The number of aryl methyl sites for hydroxylation is 2. The lowest BCUT2D eigenvalue weighted by molar-refractivity contribution is -0.140. The molecule has 0 aliphatic heterocycles. The van der Waals surface area contributed by atoms with Gasteiger partial charge in [0.25, 0.3) is 0 Å². The summed E-state index contributed by atoms with van der Waals surface area (Å²) in [6, 6.07) is 6.71. The molecule has 4 nitrogen and oxygen atoms in total. The van der Waals surface area contributed by atoms with Crippen molar-refractivity contribution < 1.29 is 13.9 Å². The van der Waals surface area contributed by atoms with E-state index in [9.17, 15) is 9.18 Å². The molecule has 0 radical (unpaired) electrons. The number of nitrogens with two attached hydrogens (primary N) is 1. The minimum absolute atomic E-state index is 0.209. The van der Waals surface area contributed by atoms with Crippen molar-refractivity contribution in [2.75, 3.05) is 13.7 Å². The number of methoxy groups -OCH3 is 1. The first-order valence-electron chi connectivity index (χ1n) is 8.04. The Morgan fingerprint density at radius 1 is 1.24 bits per heavy atom. The predicted molar refractivity (Wildman–Crippen MR) is 101 cm³/mol.